The van der Waals surface area contributed by atoms with E-state index in [1.165, 1.54) is 0 Å². The molecule has 7 heteroatoms. The lowest BCUT2D eigenvalue weighted by molar-refractivity contribution is 0.0675. The molecule has 1 spiro atoms. The van der Waals surface area contributed by atoms with Crippen LogP contribution in [0.2, 0.25) is 0 Å². The van der Waals surface area contributed by atoms with Crippen LogP contribution in [0.25, 0.3) is 0 Å². The van der Waals surface area contributed by atoms with Crippen molar-refractivity contribution in [2.75, 3.05) is 23.7 Å². The predicted octanol–water partition coefficient (Wildman–Crippen LogP) is 6.76. The average molecular weight is 533 g/mol. The second-order valence-corrected chi connectivity index (χ2v) is 10.2. The van der Waals surface area contributed by atoms with E-state index < -0.39 is 5.54 Å². The molecule has 0 fully saturated rings. The molecule has 2 aliphatic rings. The maximum Gasteiger partial charge on any atom is 0.275 e. The van der Waals surface area contributed by atoms with Crippen molar-refractivity contribution in [3.8, 4) is 17.2 Å². The highest BCUT2D eigenvalue weighted by molar-refractivity contribution is 6.03. The Kier molecular flexibility index (Phi) is 6.22. The average Bonchev–Trinajstić information content (AvgIpc) is 3.19. The molecule has 3 N–H and O–H groups in total. The van der Waals surface area contributed by atoms with Gasteiger partial charge in [-0.15, -0.1) is 0 Å². The Morgan fingerprint density at radius 1 is 0.850 bits per heavy atom. The molecular weight excluding hydrogens is 500 g/mol. The van der Waals surface area contributed by atoms with Gasteiger partial charge in [0.1, 0.15) is 22.8 Å². The lowest BCUT2D eigenvalue weighted by Crippen LogP contribution is -2.44. The van der Waals surface area contributed by atoms with Gasteiger partial charge in [-0.1, -0.05) is 18.2 Å². The van der Waals surface area contributed by atoms with E-state index >= 15 is 0 Å². The molecule has 4 aromatic carbocycles. The Balaban J connectivity index is 1.67. The quantitative estimate of drug-likeness (QED) is 0.239. The van der Waals surface area contributed by atoms with Crippen LogP contribution < -0.4 is 15.4 Å². The van der Waals surface area contributed by atoms with Crippen molar-refractivity contribution in [2.45, 2.75) is 33.2 Å². The molecule has 2 heterocycles. The normalized spacial score (nSPS) is 14.6. The number of benzene rings is 4. The number of nitrogens with one attached hydrogen (secondary N) is 2. The van der Waals surface area contributed by atoms with Crippen LogP contribution in [-0.2, 0) is 5.54 Å². The van der Waals surface area contributed by atoms with Crippen molar-refractivity contribution in [3.63, 3.8) is 0 Å². The molecule has 6 rings (SSSR count). The third-order valence-corrected chi connectivity index (χ3v) is 7.66. The number of hydrogen-bond acceptors (Lipinski definition) is 6. The molecule has 1 amide bonds. The van der Waals surface area contributed by atoms with Crippen molar-refractivity contribution in [1.82, 2.24) is 5.01 Å². The van der Waals surface area contributed by atoms with Crippen LogP contribution in [-0.4, -0.2) is 35.3 Å². The van der Waals surface area contributed by atoms with Gasteiger partial charge in [-0.05, 0) is 86.8 Å². The molecule has 0 bridgehead atoms. The highest BCUT2D eigenvalue weighted by Gasteiger charge is 2.57. The molecule has 7 nitrogen and oxygen atoms in total. The number of hydrogen-bond donors (Lipinski definition) is 3. The number of anilines is 2. The summed E-state index contributed by atoms with van der Waals surface area (Å²) in [5, 5.41) is 23.1. The van der Waals surface area contributed by atoms with Crippen molar-refractivity contribution in [3.05, 3.63) is 112 Å². The van der Waals surface area contributed by atoms with Crippen LogP contribution in [0.4, 0.5) is 11.4 Å². The van der Waals surface area contributed by atoms with Gasteiger partial charge in [-0.25, -0.2) is 5.01 Å². The van der Waals surface area contributed by atoms with Crippen molar-refractivity contribution >= 4 is 23.5 Å². The van der Waals surface area contributed by atoms with E-state index in [2.05, 4.69) is 50.5 Å². The van der Waals surface area contributed by atoms with Gasteiger partial charge in [0.15, 0.2) is 0 Å². The summed E-state index contributed by atoms with van der Waals surface area (Å²) in [6, 6.07) is 22.8. The predicted molar refractivity (Wildman–Crippen MR) is 159 cm³/mol. The van der Waals surface area contributed by atoms with Crippen LogP contribution in [0.5, 0.6) is 17.2 Å². The van der Waals surface area contributed by atoms with E-state index in [4.69, 9.17) is 9.84 Å². The van der Waals surface area contributed by atoms with E-state index in [0.29, 0.717) is 17.1 Å². The number of ether oxygens (including phenoxy) is 1. The molecule has 0 radical (unpaired) electrons. The first-order valence-electron chi connectivity index (χ1n) is 13.6. The van der Waals surface area contributed by atoms with Crippen LogP contribution in [0.15, 0.2) is 77.9 Å². The molecule has 0 unspecified atom stereocenters. The number of aromatic hydroxyl groups is 1. The van der Waals surface area contributed by atoms with E-state index in [9.17, 15) is 9.90 Å². The zero-order chi connectivity index (χ0) is 28.0. The SMILES string of the molecule is CCNc1cc2c(cc1C)C1(c3cc(C)c(NCC)cc3O2)c2ccccc2C(=O)N1/N=C/c1ccc(O)cc1. The third kappa shape index (κ3) is 3.80. The summed E-state index contributed by atoms with van der Waals surface area (Å²) in [6.07, 6.45) is 1.67. The van der Waals surface area contributed by atoms with Crippen LogP contribution in [0, 0.1) is 13.8 Å². The van der Waals surface area contributed by atoms with Crippen molar-refractivity contribution < 1.29 is 14.6 Å². The summed E-state index contributed by atoms with van der Waals surface area (Å²) in [5.41, 5.74) is 6.96. The molecule has 0 atom stereocenters. The Labute approximate surface area is 234 Å². The first kappa shape index (κ1) is 25.5. The Bertz CT molecular complexity index is 1600. The number of nitrogens with zero attached hydrogens (tertiary/aromatic N) is 2. The van der Waals surface area contributed by atoms with Gasteiger partial charge in [0.2, 0.25) is 0 Å². The smallest absolute Gasteiger partial charge is 0.275 e. The number of amides is 1. The van der Waals surface area contributed by atoms with Crippen LogP contribution in [0.1, 0.15) is 57.6 Å². The van der Waals surface area contributed by atoms with Gasteiger partial charge in [0.05, 0.1) is 6.21 Å². The Morgan fingerprint density at radius 2 is 1.43 bits per heavy atom. The summed E-state index contributed by atoms with van der Waals surface area (Å²) in [5.74, 6) is 1.33. The highest BCUT2D eigenvalue weighted by atomic mass is 16.5. The fourth-order valence-electron chi connectivity index (χ4n) is 5.84. The minimum absolute atomic E-state index is 0.171. The summed E-state index contributed by atoms with van der Waals surface area (Å²) < 4.78 is 6.63. The fourth-order valence-corrected chi connectivity index (χ4v) is 5.84. The van der Waals surface area contributed by atoms with E-state index in [1.807, 2.05) is 36.4 Å². The standard InChI is InChI=1S/C33H32N4O3/c1-5-34-28-17-30-26(15-20(28)3)33(27-16-21(4)29(35-6-2)18-31(27)40-30)25-10-8-7-9-24(25)32(39)37(33)36-19-22-11-13-23(38)14-12-22/h7-19,34-35,38H,5-6H2,1-4H3/b36-19+. The maximum absolute atomic E-state index is 14.2. The van der Waals surface area contributed by atoms with Gasteiger partial charge in [0.25, 0.3) is 5.91 Å². The van der Waals surface area contributed by atoms with Crippen molar-refractivity contribution in [2.24, 2.45) is 5.10 Å². The molecular formula is C33H32N4O3. The molecule has 2 aliphatic heterocycles. The minimum Gasteiger partial charge on any atom is -0.508 e. The lowest BCUT2D eigenvalue weighted by Gasteiger charge is -2.42. The largest absolute Gasteiger partial charge is 0.508 e. The number of aryl methyl sites for hydroxylation is 2. The topological polar surface area (TPSA) is 86.2 Å². The van der Waals surface area contributed by atoms with E-state index in [0.717, 1.165) is 57.8 Å². The Morgan fingerprint density at radius 3 is 2.00 bits per heavy atom. The molecule has 0 saturated carbocycles. The zero-order valence-electron chi connectivity index (χ0n) is 23.1. The van der Waals surface area contributed by atoms with Crippen molar-refractivity contribution in [1.29, 1.82) is 0 Å². The molecule has 0 saturated heterocycles. The number of phenolic OH excluding ortho intramolecular Hbond substituents is 1. The van der Waals surface area contributed by atoms with Gasteiger partial charge in [-0.2, -0.15) is 5.10 Å². The van der Waals surface area contributed by atoms with E-state index in [1.54, 1.807) is 35.5 Å². The summed E-state index contributed by atoms with van der Waals surface area (Å²) in [6.45, 7) is 9.80. The molecule has 0 aromatic heterocycles. The second kappa shape index (κ2) is 9.75. The summed E-state index contributed by atoms with van der Waals surface area (Å²) in [4.78, 5) is 14.2. The first-order chi connectivity index (χ1) is 19.4. The number of phenols is 1. The number of hydrazone groups is 1. The van der Waals surface area contributed by atoms with E-state index in [-0.39, 0.29) is 11.7 Å². The monoisotopic (exact) mass is 532 g/mol. The molecule has 4 aromatic rings. The Hall–Kier alpha value is -4.78. The number of fused-ring (bicyclic) bond motifs is 6. The molecule has 0 aliphatic carbocycles. The van der Waals surface area contributed by atoms with Crippen LogP contribution in [0.3, 0.4) is 0 Å². The van der Waals surface area contributed by atoms with Gasteiger partial charge >= 0.3 is 0 Å². The minimum atomic E-state index is -1.05. The van der Waals surface area contributed by atoms with Crippen LogP contribution >= 0.6 is 0 Å². The first-order valence-corrected chi connectivity index (χ1v) is 13.6. The van der Waals surface area contributed by atoms with Gasteiger partial charge in [-0.3, -0.25) is 4.79 Å². The lowest BCUT2D eigenvalue weighted by atomic mass is 9.74. The molecule has 40 heavy (non-hydrogen) atoms. The third-order valence-electron chi connectivity index (χ3n) is 7.66. The number of carbonyl (C=O) groups excluding carboxylic acids is 1. The maximum atomic E-state index is 14.2. The summed E-state index contributed by atoms with van der Waals surface area (Å²) in [7, 11) is 0. The second-order valence-electron chi connectivity index (χ2n) is 10.2. The zero-order valence-corrected chi connectivity index (χ0v) is 23.1. The molecule has 202 valence electrons. The van der Waals surface area contributed by atoms with Gasteiger partial charge < -0.3 is 20.5 Å². The summed E-state index contributed by atoms with van der Waals surface area (Å²) >= 11 is 0. The highest BCUT2D eigenvalue weighted by Crippen LogP contribution is 2.58. The number of carbonyl (C=O) groups is 1. The van der Waals surface area contributed by atoms with Gasteiger partial charge in [0, 0.05) is 58.9 Å². The fraction of sp³-hybridized carbons (Fsp3) is 0.212. The number of rotatable bonds is 6.